The number of hydrogen-bond donors (Lipinski definition) is 2. The first kappa shape index (κ1) is 15.6. The van der Waals surface area contributed by atoms with E-state index in [0.717, 1.165) is 18.7 Å². The normalized spacial score (nSPS) is 10.2. The Kier molecular flexibility index (Phi) is 5.42. The minimum atomic E-state index is -0.272. The average Bonchev–Trinajstić information content (AvgIpc) is 2.48. The molecule has 2 N–H and O–H groups in total. The number of hydrogen-bond acceptors (Lipinski definition) is 3. The van der Waals surface area contributed by atoms with Gasteiger partial charge in [-0.25, -0.2) is 0 Å². The zero-order valence-corrected chi connectivity index (χ0v) is 13.0. The highest BCUT2D eigenvalue weighted by Crippen LogP contribution is 2.26. The van der Waals surface area contributed by atoms with Crippen LogP contribution in [0.3, 0.4) is 0 Å². The third kappa shape index (κ3) is 4.09. The van der Waals surface area contributed by atoms with Gasteiger partial charge in [-0.1, -0.05) is 30.1 Å². The number of pyridine rings is 1. The van der Waals surface area contributed by atoms with Crippen molar-refractivity contribution in [3.05, 3.63) is 52.3 Å². The molecule has 0 atom stereocenters. The molecule has 0 bridgehead atoms. The van der Waals surface area contributed by atoms with E-state index in [1.165, 1.54) is 6.20 Å². The van der Waals surface area contributed by atoms with Crippen LogP contribution in [0.4, 0.5) is 11.4 Å². The van der Waals surface area contributed by atoms with E-state index in [9.17, 15) is 4.79 Å². The van der Waals surface area contributed by atoms with Crippen LogP contribution in [-0.4, -0.2) is 17.4 Å². The number of amides is 1. The van der Waals surface area contributed by atoms with E-state index in [4.69, 9.17) is 23.2 Å². The fourth-order valence-corrected chi connectivity index (χ4v) is 2.23. The van der Waals surface area contributed by atoms with Crippen LogP contribution in [0, 0.1) is 0 Å². The zero-order chi connectivity index (χ0) is 15.2. The molecule has 0 fully saturated rings. The topological polar surface area (TPSA) is 54.0 Å². The maximum atomic E-state index is 12.4. The van der Waals surface area contributed by atoms with Crippen molar-refractivity contribution in [2.45, 2.75) is 13.3 Å². The third-order valence-electron chi connectivity index (χ3n) is 2.81. The fourth-order valence-electron chi connectivity index (χ4n) is 1.77. The lowest BCUT2D eigenvalue weighted by molar-refractivity contribution is 0.102. The van der Waals surface area contributed by atoms with E-state index in [1.54, 1.807) is 30.5 Å². The van der Waals surface area contributed by atoms with Gasteiger partial charge in [-0.05, 0) is 30.7 Å². The Morgan fingerprint density at radius 2 is 2.05 bits per heavy atom. The van der Waals surface area contributed by atoms with Crippen LogP contribution in [0.1, 0.15) is 23.7 Å². The van der Waals surface area contributed by atoms with Crippen molar-refractivity contribution in [2.24, 2.45) is 0 Å². The summed E-state index contributed by atoms with van der Waals surface area (Å²) >= 11 is 11.9. The van der Waals surface area contributed by atoms with Crippen LogP contribution in [0.2, 0.25) is 10.0 Å². The Bertz CT molecular complexity index is 647. The first-order valence-corrected chi connectivity index (χ1v) is 7.31. The summed E-state index contributed by atoms with van der Waals surface area (Å²) < 4.78 is 0. The largest absolute Gasteiger partial charge is 0.384 e. The number of halogens is 2. The zero-order valence-electron chi connectivity index (χ0n) is 11.5. The number of carbonyl (C=O) groups excluding carboxylic acids is 1. The van der Waals surface area contributed by atoms with Crippen molar-refractivity contribution in [1.82, 2.24) is 4.98 Å². The molecule has 0 saturated carbocycles. The smallest absolute Gasteiger partial charge is 0.259 e. The van der Waals surface area contributed by atoms with Gasteiger partial charge in [0.25, 0.3) is 5.91 Å². The van der Waals surface area contributed by atoms with Crippen LogP contribution in [0.5, 0.6) is 0 Å². The minimum absolute atomic E-state index is 0.272. The minimum Gasteiger partial charge on any atom is -0.384 e. The van der Waals surface area contributed by atoms with E-state index in [-0.39, 0.29) is 5.91 Å². The second kappa shape index (κ2) is 7.29. The van der Waals surface area contributed by atoms with E-state index in [0.29, 0.717) is 21.3 Å². The van der Waals surface area contributed by atoms with Crippen molar-refractivity contribution in [1.29, 1.82) is 0 Å². The summed E-state index contributed by atoms with van der Waals surface area (Å²) in [6, 6.07) is 6.69. The lowest BCUT2D eigenvalue weighted by Crippen LogP contribution is -2.15. The molecule has 1 heterocycles. The summed E-state index contributed by atoms with van der Waals surface area (Å²) in [6.45, 7) is 2.84. The number of benzene rings is 1. The molecule has 2 aromatic rings. The predicted octanol–water partition coefficient (Wildman–Crippen LogP) is 4.46. The van der Waals surface area contributed by atoms with E-state index >= 15 is 0 Å². The van der Waals surface area contributed by atoms with Crippen molar-refractivity contribution in [3.8, 4) is 0 Å². The third-order valence-corrected chi connectivity index (χ3v) is 3.36. The molecular formula is C15H15Cl2N3O. The van der Waals surface area contributed by atoms with Crippen molar-refractivity contribution in [2.75, 3.05) is 17.2 Å². The molecule has 110 valence electrons. The van der Waals surface area contributed by atoms with Gasteiger partial charge in [0.05, 0.1) is 22.0 Å². The van der Waals surface area contributed by atoms with Gasteiger partial charge in [-0.15, -0.1) is 0 Å². The van der Waals surface area contributed by atoms with Gasteiger partial charge in [0, 0.05) is 24.0 Å². The Morgan fingerprint density at radius 3 is 2.76 bits per heavy atom. The monoisotopic (exact) mass is 323 g/mol. The van der Waals surface area contributed by atoms with Gasteiger partial charge >= 0.3 is 0 Å². The molecule has 1 amide bonds. The maximum Gasteiger partial charge on any atom is 0.259 e. The molecule has 1 aromatic carbocycles. The molecule has 6 heteroatoms. The van der Waals surface area contributed by atoms with Gasteiger partial charge in [-0.2, -0.15) is 0 Å². The molecule has 0 saturated heterocycles. The lowest BCUT2D eigenvalue weighted by atomic mass is 10.2. The predicted molar refractivity (Wildman–Crippen MR) is 87.4 cm³/mol. The molecule has 2 rings (SSSR count). The maximum absolute atomic E-state index is 12.4. The highest BCUT2D eigenvalue weighted by molar-refractivity contribution is 6.36. The number of nitrogens with one attached hydrogen (secondary N) is 2. The number of rotatable bonds is 5. The molecule has 0 aliphatic heterocycles. The molecule has 1 aromatic heterocycles. The second-order valence-corrected chi connectivity index (χ2v) is 5.27. The number of carbonyl (C=O) groups is 1. The van der Waals surface area contributed by atoms with Crippen LogP contribution in [0.15, 0.2) is 36.7 Å². The number of aromatic nitrogens is 1. The molecule has 0 spiro atoms. The van der Waals surface area contributed by atoms with Crippen LogP contribution in [0.25, 0.3) is 0 Å². The van der Waals surface area contributed by atoms with Crippen LogP contribution >= 0.6 is 23.2 Å². The highest BCUT2D eigenvalue weighted by atomic mass is 35.5. The molecule has 4 nitrogen and oxygen atoms in total. The fraction of sp³-hybridized carbons (Fsp3) is 0.200. The number of anilines is 2. The molecule has 21 heavy (non-hydrogen) atoms. The van der Waals surface area contributed by atoms with Gasteiger partial charge in [0.2, 0.25) is 0 Å². The second-order valence-electron chi connectivity index (χ2n) is 4.43. The Hall–Kier alpha value is -1.78. The van der Waals surface area contributed by atoms with Gasteiger partial charge in [0.15, 0.2) is 0 Å². The molecule has 0 aliphatic carbocycles. The molecule has 0 aliphatic rings. The van der Waals surface area contributed by atoms with Crippen molar-refractivity contribution < 1.29 is 4.79 Å². The van der Waals surface area contributed by atoms with E-state index in [1.807, 2.05) is 0 Å². The standard InChI is InChI=1S/C15H15Cl2N3O/c1-2-6-19-13-5-7-18-9-11(13)15(21)20-14-4-3-10(16)8-12(14)17/h3-5,7-9H,2,6H2,1H3,(H,18,19)(H,20,21). The summed E-state index contributed by atoms with van der Waals surface area (Å²) in [7, 11) is 0. The van der Waals surface area contributed by atoms with Gasteiger partial charge in [-0.3, -0.25) is 9.78 Å². The Morgan fingerprint density at radius 1 is 1.24 bits per heavy atom. The van der Waals surface area contributed by atoms with Gasteiger partial charge in [0.1, 0.15) is 0 Å². The SMILES string of the molecule is CCCNc1ccncc1C(=O)Nc1ccc(Cl)cc1Cl. The van der Waals surface area contributed by atoms with Crippen molar-refractivity contribution in [3.63, 3.8) is 0 Å². The van der Waals surface area contributed by atoms with Crippen molar-refractivity contribution >= 4 is 40.5 Å². The Labute approximate surface area is 133 Å². The summed E-state index contributed by atoms with van der Waals surface area (Å²) in [4.78, 5) is 16.4. The molecule has 0 radical (unpaired) electrons. The summed E-state index contributed by atoms with van der Waals surface area (Å²) in [5, 5.41) is 6.87. The molecular weight excluding hydrogens is 309 g/mol. The first-order valence-electron chi connectivity index (χ1n) is 6.56. The summed E-state index contributed by atoms with van der Waals surface area (Å²) in [5.74, 6) is -0.272. The summed E-state index contributed by atoms with van der Waals surface area (Å²) in [6.07, 6.45) is 4.13. The number of nitrogens with zero attached hydrogens (tertiary/aromatic N) is 1. The Balaban J connectivity index is 2.20. The molecule has 0 unspecified atom stereocenters. The quantitative estimate of drug-likeness (QED) is 0.853. The average molecular weight is 324 g/mol. The van der Waals surface area contributed by atoms with E-state index in [2.05, 4.69) is 22.5 Å². The van der Waals surface area contributed by atoms with Crippen LogP contribution in [-0.2, 0) is 0 Å². The van der Waals surface area contributed by atoms with Gasteiger partial charge < -0.3 is 10.6 Å². The summed E-state index contributed by atoms with van der Waals surface area (Å²) in [5.41, 5.74) is 1.72. The van der Waals surface area contributed by atoms with Crippen LogP contribution < -0.4 is 10.6 Å². The lowest BCUT2D eigenvalue weighted by Gasteiger charge is -2.12. The highest BCUT2D eigenvalue weighted by Gasteiger charge is 2.13. The van der Waals surface area contributed by atoms with E-state index < -0.39 is 0 Å². The first-order chi connectivity index (χ1) is 10.1.